The van der Waals surface area contributed by atoms with Crippen LogP contribution in [-0.2, 0) is 14.0 Å². The van der Waals surface area contributed by atoms with E-state index in [2.05, 4.69) is 6.58 Å². The van der Waals surface area contributed by atoms with Crippen LogP contribution in [0.5, 0.6) is 0 Å². The van der Waals surface area contributed by atoms with Crippen LogP contribution >= 0.6 is 11.3 Å². The molecule has 1 aromatic rings. The van der Waals surface area contributed by atoms with Gasteiger partial charge < -0.3 is 14.0 Å². The summed E-state index contributed by atoms with van der Waals surface area (Å²) in [6.07, 6.45) is 0. The standard InChI is InChI=1S/C15H21BO4S/c1-9(2)12-10(8-11(21-12)13(17)18-7)16-19-14(3,4)15(5,6)20-16/h8H,1H2,2-7H3. The monoisotopic (exact) mass is 308 g/mol. The minimum atomic E-state index is -0.503. The van der Waals surface area contributed by atoms with Crippen LogP contribution in [0.4, 0.5) is 0 Å². The number of hydrogen-bond donors (Lipinski definition) is 0. The molecule has 0 atom stereocenters. The van der Waals surface area contributed by atoms with E-state index in [0.29, 0.717) is 4.88 Å². The van der Waals surface area contributed by atoms with Gasteiger partial charge in [0.05, 0.1) is 18.3 Å². The van der Waals surface area contributed by atoms with Gasteiger partial charge in [-0.05, 0) is 46.3 Å². The number of thiophene rings is 1. The summed E-state index contributed by atoms with van der Waals surface area (Å²) in [6, 6.07) is 1.78. The van der Waals surface area contributed by atoms with Gasteiger partial charge in [0.25, 0.3) is 0 Å². The topological polar surface area (TPSA) is 44.8 Å². The number of hydrogen-bond acceptors (Lipinski definition) is 5. The Morgan fingerprint density at radius 1 is 1.29 bits per heavy atom. The van der Waals surface area contributed by atoms with Crippen molar-refractivity contribution >= 4 is 35.5 Å². The van der Waals surface area contributed by atoms with Crippen molar-refractivity contribution in [2.45, 2.75) is 45.8 Å². The third kappa shape index (κ3) is 2.80. The molecular formula is C15H21BO4S. The second-order valence-corrected chi connectivity index (χ2v) is 7.31. The fourth-order valence-corrected chi connectivity index (χ4v) is 3.10. The summed E-state index contributed by atoms with van der Waals surface area (Å²) in [7, 11) is 0.869. The summed E-state index contributed by atoms with van der Waals surface area (Å²) in [5.41, 5.74) is 0.876. The average molecular weight is 308 g/mol. The number of ether oxygens (including phenoxy) is 1. The minimum Gasteiger partial charge on any atom is -0.465 e. The van der Waals surface area contributed by atoms with Crippen molar-refractivity contribution in [3.05, 3.63) is 22.4 Å². The Balaban J connectivity index is 2.43. The minimum absolute atomic E-state index is 0.356. The molecule has 6 heteroatoms. The number of rotatable bonds is 3. The summed E-state index contributed by atoms with van der Waals surface area (Å²) in [5, 5.41) is 0. The van der Waals surface area contributed by atoms with E-state index in [-0.39, 0.29) is 5.97 Å². The zero-order valence-corrected chi connectivity index (χ0v) is 14.2. The first-order chi connectivity index (χ1) is 9.59. The molecule has 1 aliphatic heterocycles. The van der Waals surface area contributed by atoms with E-state index in [1.807, 2.05) is 34.6 Å². The Labute approximate surface area is 130 Å². The zero-order valence-electron chi connectivity index (χ0n) is 13.4. The smallest absolute Gasteiger partial charge is 0.465 e. The first kappa shape index (κ1) is 16.3. The normalized spacial score (nSPS) is 19.6. The zero-order chi connectivity index (χ0) is 16.0. The molecule has 0 aliphatic carbocycles. The molecule has 1 aliphatic rings. The van der Waals surface area contributed by atoms with Crippen LogP contribution in [0.25, 0.3) is 5.57 Å². The van der Waals surface area contributed by atoms with Crippen molar-refractivity contribution in [1.82, 2.24) is 0 Å². The molecule has 0 unspecified atom stereocenters. The molecule has 0 saturated carbocycles. The van der Waals surface area contributed by atoms with E-state index in [4.69, 9.17) is 14.0 Å². The molecule has 4 nitrogen and oxygen atoms in total. The van der Waals surface area contributed by atoms with E-state index < -0.39 is 18.3 Å². The molecule has 0 radical (unpaired) electrons. The second-order valence-electron chi connectivity index (χ2n) is 6.26. The van der Waals surface area contributed by atoms with E-state index in [1.54, 1.807) is 6.07 Å². The van der Waals surface area contributed by atoms with Crippen LogP contribution < -0.4 is 5.46 Å². The highest BCUT2D eigenvalue weighted by atomic mass is 32.1. The van der Waals surface area contributed by atoms with Gasteiger partial charge >= 0.3 is 13.1 Å². The van der Waals surface area contributed by atoms with Crippen LogP contribution in [0, 0.1) is 0 Å². The third-order valence-electron chi connectivity index (χ3n) is 4.04. The first-order valence-corrected chi connectivity index (χ1v) is 7.64. The molecule has 0 bridgehead atoms. The Morgan fingerprint density at radius 2 is 1.81 bits per heavy atom. The summed E-state index contributed by atoms with van der Waals surface area (Å²) in [6.45, 7) is 13.9. The highest BCUT2D eigenvalue weighted by Gasteiger charge is 2.52. The molecule has 0 spiro atoms. The van der Waals surface area contributed by atoms with Crippen LogP contribution in [0.15, 0.2) is 12.6 Å². The van der Waals surface area contributed by atoms with Crippen LogP contribution in [0.2, 0.25) is 0 Å². The van der Waals surface area contributed by atoms with Gasteiger partial charge in [-0.15, -0.1) is 11.3 Å². The molecule has 21 heavy (non-hydrogen) atoms. The number of carbonyl (C=O) groups is 1. The largest absolute Gasteiger partial charge is 0.496 e. The van der Waals surface area contributed by atoms with E-state index in [0.717, 1.165) is 15.9 Å². The van der Waals surface area contributed by atoms with Crippen LogP contribution in [0.1, 0.15) is 49.2 Å². The lowest BCUT2D eigenvalue weighted by Gasteiger charge is -2.32. The summed E-state index contributed by atoms with van der Waals surface area (Å²) in [4.78, 5) is 13.2. The maximum Gasteiger partial charge on any atom is 0.496 e. The lowest BCUT2D eigenvalue weighted by atomic mass is 9.78. The predicted molar refractivity (Wildman–Crippen MR) is 86.1 cm³/mol. The van der Waals surface area contributed by atoms with Gasteiger partial charge in [0.1, 0.15) is 4.88 Å². The molecule has 0 aromatic carbocycles. The van der Waals surface area contributed by atoms with Gasteiger partial charge in [0.15, 0.2) is 0 Å². The van der Waals surface area contributed by atoms with E-state index in [1.165, 1.54) is 18.4 Å². The maximum atomic E-state index is 11.7. The van der Waals surface area contributed by atoms with Crippen molar-refractivity contribution in [3.8, 4) is 0 Å². The van der Waals surface area contributed by atoms with Gasteiger partial charge in [-0.25, -0.2) is 4.79 Å². The maximum absolute atomic E-state index is 11.7. The Morgan fingerprint density at radius 3 is 2.24 bits per heavy atom. The summed E-state index contributed by atoms with van der Waals surface area (Å²) >= 11 is 1.35. The molecule has 114 valence electrons. The molecule has 2 heterocycles. The Bertz CT molecular complexity index is 572. The molecule has 0 N–H and O–H groups in total. The number of carbonyl (C=O) groups excluding carboxylic acids is 1. The van der Waals surface area contributed by atoms with Crippen molar-refractivity contribution in [1.29, 1.82) is 0 Å². The lowest BCUT2D eigenvalue weighted by molar-refractivity contribution is 0.00578. The predicted octanol–water partition coefficient (Wildman–Crippen LogP) is 2.87. The van der Waals surface area contributed by atoms with Crippen molar-refractivity contribution in [2.24, 2.45) is 0 Å². The molecule has 1 saturated heterocycles. The van der Waals surface area contributed by atoms with Crippen LogP contribution in [-0.4, -0.2) is 31.4 Å². The quantitative estimate of drug-likeness (QED) is 0.636. The fourth-order valence-electron chi connectivity index (χ4n) is 2.08. The van der Waals surface area contributed by atoms with Crippen molar-refractivity contribution in [2.75, 3.05) is 7.11 Å². The van der Waals surface area contributed by atoms with Crippen molar-refractivity contribution in [3.63, 3.8) is 0 Å². The van der Waals surface area contributed by atoms with Crippen molar-refractivity contribution < 1.29 is 18.8 Å². The Kier molecular flexibility index (Phi) is 4.08. The highest BCUT2D eigenvalue weighted by Crippen LogP contribution is 2.37. The van der Waals surface area contributed by atoms with Gasteiger partial charge in [-0.2, -0.15) is 0 Å². The van der Waals surface area contributed by atoms with Gasteiger partial charge in [-0.1, -0.05) is 6.58 Å². The first-order valence-electron chi connectivity index (χ1n) is 6.82. The van der Waals surface area contributed by atoms with Gasteiger partial charge in [-0.3, -0.25) is 0 Å². The third-order valence-corrected chi connectivity index (χ3v) is 5.33. The summed E-state index contributed by atoms with van der Waals surface area (Å²) < 4.78 is 16.9. The molecule has 2 rings (SSSR count). The van der Waals surface area contributed by atoms with E-state index in [9.17, 15) is 4.79 Å². The molecule has 1 fully saturated rings. The molecule has 0 amide bonds. The highest BCUT2D eigenvalue weighted by molar-refractivity contribution is 7.16. The second kappa shape index (κ2) is 5.27. The van der Waals surface area contributed by atoms with Gasteiger partial charge in [0.2, 0.25) is 0 Å². The average Bonchev–Trinajstić information content (AvgIpc) is 2.88. The molecular weight excluding hydrogens is 287 g/mol. The molecule has 1 aromatic heterocycles. The number of methoxy groups -OCH3 is 1. The SMILES string of the molecule is C=C(C)c1sc(C(=O)OC)cc1B1OC(C)(C)C(C)(C)O1. The fraction of sp³-hybridized carbons (Fsp3) is 0.533. The summed E-state index contributed by atoms with van der Waals surface area (Å²) in [5.74, 6) is -0.356. The van der Waals surface area contributed by atoms with Gasteiger partial charge in [0, 0.05) is 10.3 Å². The number of allylic oxidation sites excluding steroid dienone is 1. The van der Waals surface area contributed by atoms with E-state index >= 15 is 0 Å². The Hall–Kier alpha value is -1.11. The lowest BCUT2D eigenvalue weighted by Crippen LogP contribution is -2.41. The van der Waals surface area contributed by atoms with Crippen LogP contribution in [0.3, 0.4) is 0 Å². The number of esters is 1.